The third-order valence-electron chi connectivity index (χ3n) is 4.34. The topological polar surface area (TPSA) is 71.8 Å². The Morgan fingerprint density at radius 3 is 3.25 bits per heavy atom. The molecule has 1 fully saturated rings. The quantitative estimate of drug-likeness (QED) is 0.835. The number of aryl methyl sites for hydroxylation is 1. The minimum Gasteiger partial charge on any atom is -0.346 e. The maximum atomic E-state index is 12.0. The maximum Gasteiger partial charge on any atom is 0.220 e. The zero-order valence-corrected chi connectivity index (χ0v) is 12.1. The summed E-state index contributed by atoms with van der Waals surface area (Å²) in [4.78, 5) is 12.0. The summed E-state index contributed by atoms with van der Waals surface area (Å²) in [5.41, 5.74) is 0. The molecule has 2 aliphatic rings. The van der Waals surface area contributed by atoms with E-state index in [4.69, 9.17) is 0 Å². The van der Waals surface area contributed by atoms with Gasteiger partial charge in [0.05, 0.1) is 6.04 Å². The van der Waals surface area contributed by atoms with Gasteiger partial charge in [0, 0.05) is 19.4 Å². The first-order valence-electron chi connectivity index (χ1n) is 7.66. The minimum atomic E-state index is -0.0523. The van der Waals surface area contributed by atoms with Crippen molar-refractivity contribution in [2.75, 3.05) is 13.1 Å². The lowest BCUT2D eigenvalue weighted by Gasteiger charge is -2.14. The molecule has 2 aliphatic heterocycles. The van der Waals surface area contributed by atoms with Crippen LogP contribution >= 0.6 is 0 Å². The molecule has 2 N–H and O–H groups in total. The van der Waals surface area contributed by atoms with Crippen LogP contribution in [0.2, 0.25) is 0 Å². The van der Waals surface area contributed by atoms with Gasteiger partial charge in [-0.1, -0.05) is 0 Å². The van der Waals surface area contributed by atoms with E-state index in [1.54, 1.807) is 0 Å². The number of aromatic nitrogens is 3. The predicted octanol–water partition coefficient (Wildman–Crippen LogP) is 0.791. The third kappa shape index (κ3) is 2.85. The van der Waals surface area contributed by atoms with Crippen molar-refractivity contribution in [3.63, 3.8) is 0 Å². The van der Waals surface area contributed by atoms with E-state index in [0.717, 1.165) is 50.5 Å². The van der Waals surface area contributed by atoms with Crippen LogP contribution in [0.1, 0.15) is 50.3 Å². The maximum absolute atomic E-state index is 12.0. The second-order valence-electron chi connectivity index (χ2n) is 5.92. The average Bonchev–Trinajstić information content (AvgIpc) is 3.13. The van der Waals surface area contributed by atoms with E-state index < -0.39 is 0 Å². The van der Waals surface area contributed by atoms with Crippen molar-refractivity contribution in [1.82, 2.24) is 25.4 Å². The molecule has 110 valence electrons. The summed E-state index contributed by atoms with van der Waals surface area (Å²) < 4.78 is 2.14. The van der Waals surface area contributed by atoms with Crippen LogP contribution in [0.4, 0.5) is 0 Å². The lowest BCUT2D eigenvalue weighted by atomic mass is 10.0. The monoisotopic (exact) mass is 277 g/mol. The molecule has 1 aromatic rings. The second kappa shape index (κ2) is 5.91. The largest absolute Gasteiger partial charge is 0.346 e. The van der Waals surface area contributed by atoms with Gasteiger partial charge in [-0.3, -0.25) is 4.79 Å². The molecule has 20 heavy (non-hydrogen) atoms. The van der Waals surface area contributed by atoms with Gasteiger partial charge >= 0.3 is 0 Å². The molecule has 0 aromatic carbocycles. The summed E-state index contributed by atoms with van der Waals surface area (Å²) in [6.07, 6.45) is 4.91. The number of nitrogens with zero attached hydrogens (tertiary/aromatic N) is 3. The fourth-order valence-corrected chi connectivity index (χ4v) is 3.17. The van der Waals surface area contributed by atoms with Crippen LogP contribution in [0.25, 0.3) is 0 Å². The molecule has 1 aromatic heterocycles. The zero-order valence-electron chi connectivity index (χ0n) is 12.1. The van der Waals surface area contributed by atoms with Crippen LogP contribution in [0.5, 0.6) is 0 Å². The van der Waals surface area contributed by atoms with Crippen molar-refractivity contribution in [3.8, 4) is 0 Å². The average molecular weight is 277 g/mol. The molecule has 3 heterocycles. The Morgan fingerprint density at radius 1 is 1.55 bits per heavy atom. The van der Waals surface area contributed by atoms with Gasteiger partial charge < -0.3 is 15.2 Å². The van der Waals surface area contributed by atoms with Crippen LogP contribution in [-0.2, 0) is 17.8 Å². The molecule has 6 nitrogen and oxygen atoms in total. The van der Waals surface area contributed by atoms with Gasteiger partial charge in [-0.05, 0) is 45.2 Å². The van der Waals surface area contributed by atoms with Crippen molar-refractivity contribution in [2.45, 2.75) is 51.6 Å². The molecule has 0 aliphatic carbocycles. The number of carbonyl (C=O) groups excluding carboxylic acids is 1. The Hall–Kier alpha value is -1.43. The molecular weight excluding hydrogens is 254 g/mol. The van der Waals surface area contributed by atoms with E-state index in [1.165, 1.54) is 6.42 Å². The lowest BCUT2D eigenvalue weighted by Crippen LogP contribution is -2.29. The van der Waals surface area contributed by atoms with Gasteiger partial charge in [0.25, 0.3) is 0 Å². The predicted molar refractivity (Wildman–Crippen MR) is 75.1 cm³/mol. The number of rotatable bonds is 5. The molecule has 6 heteroatoms. The highest BCUT2D eigenvalue weighted by atomic mass is 16.1. The van der Waals surface area contributed by atoms with Gasteiger partial charge in [-0.2, -0.15) is 0 Å². The second-order valence-corrected chi connectivity index (χ2v) is 5.92. The van der Waals surface area contributed by atoms with Crippen LogP contribution in [0.15, 0.2) is 0 Å². The highest BCUT2D eigenvalue weighted by Crippen LogP contribution is 2.19. The zero-order chi connectivity index (χ0) is 13.9. The number of hydrogen-bond acceptors (Lipinski definition) is 4. The van der Waals surface area contributed by atoms with Gasteiger partial charge in [0.15, 0.2) is 5.82 Å². The van der Waals surface area contributed by atoms with Crippen molar-refractivity contribution in [1.29, 1.82) is 0 Å². The van der Waals surface area contributed by atoms with Crippen molar-refractivity contribution < 1.29 is 4.79 Å². The van der Waals surface area contributed by atoms with Crippen LogP contribution in [0, 0.1) is 5.92 Å². The highest BCUT2D eigenvalue weighted by molar-refractivity contribution is 5.76. The molecule has 1 saturated heterocycles. The Balaban J connectivity index is 1.50. The third-order valence-corrected chi connectivity index (χ3v) is 4.34. The smallest absolute Gasteiger partial charge is 0.220 e. The Kier molecular flexibility index (Phi) is 4.00. The van der Waals surface area contributed by atoms with Crippen LogP contribution in [0.3, 0.4) is 0 Å². The molecule has 1 amide bonds. The normalized spacial score (nSPS) is 22.8. The van der Waals surface area contributed by atoms with E-state index >= 15 is 0 Å². The van der Waals surface area contributed by atoms with Crippen molar-refractivity contribution in [3.05, 3.63) is 11.6 Å². The Labute approximate surface area is 119 Å². The van der Waals surface area contributed by atoms with E-state index in [0.29, 0.717) is 12.3 Å². The summed E-state index contributed by atoms with van der Waals surface area (Å²) in [5, 5.41) is 14.8. The molecule has 0 saturated carbocycles. The number of carbonyl (C=O) groups is 1. The number of nitrogens with one attached hydrogen (secondary N) is 2. The van der Waals surface area contributed by atoms with E-state index in [-0.39, 0.29) is 11.9 Å². The van der Waals surface area contributed by atoms with Crippen LogP contribution in [-0.4, -0.2) is 33.8 Å². The lowest BCUT2D eigenvalue weighted by molar-refractivity contribution is -0.122. The Morgan fingerprint density at radius 2 is 2.45 bits per heavy atom. The summed E-state index contributed by atoms with van der Waals surface area (Å²) in [7, 11) is 0. The molecule has 0 radical (unpaired) electrons. The van der Waals surface area contributed by atoms with E-state index in [2.05, 4.69) is 25.4 Å². The first-order valence-corrected chi connectivity index (χ1v) is 7.66. The molecule has 0 spiro atoms. The fraction of sp³-hybridized carbons (Fsp3) is 0.786. The standard InChI is InChI=1S/C14H23N5O/c1-10(14-18-17-12-3-2-8-19(12)14)16-13(20)5-4-11-6-7-15-9-11/h10-11,15H,2-9H2,1H3,(H,16,20). The molecule has 2 unspecified atom stereocenters. The van der Waals surface area contributed by atoms with E-state index in [9.17, 15) is 4.79 Å². The van der Waals surface area contributed by atoms with Crippen molar-refractivity contribution >= 4 is 5.91 Å². The first-order chi connectivity index (χ1) is 9.74. The number of amides is 1. The highest BCUT2D eigenvalue weighted by Gasteiger charge is 2.22. The van der Waals surface area contributed by atoms with Gasteiger partial charge in [0.2, 0.25) is 5.91 Å². The summed E-state index contributed by atoms with van der Waals surface area (Å²) >= 11 is 0. The number of hydrogen-bond donors (Lipinski definition) is 2. The van der Waals surface area contributed by atoms with E-state index in [1.807, 2.05) is 6.92 Å². The molecular formula is C14H23N5O. The first kappa shape index (κ1) is 13.5. The molecule has 2 atom stereocenters. The Bertz CT molecular complexity index is 478. The number of fused-ring (bicyclic) bond motifs is 1. The summed E-state index contributed by atoms with van der Waals surface area (Å²) in [6, 6.07) is -0.0523. The molecule has 3 rings (SSSR count). The fourth-order valence-electron chi connectivity index (χ4n) is 3.17. The van der Waals surface area contributed by atoms with Gasteiger partial charge in [-0.25, -0.2) is 0 Å². The van der Waals surface area contributed by atoms with Gasteiger partial charge in [-0.15, -0.1) is 10.2 Å². The molecule has 0 bridgehead atoms. The minimum absolute atomic E-state index is 0.0523. The SMILES string of the molecule is CC(NC(=O)CCC1CCNC1)c1nnc2n1CCC2. The summed E-state index contributed by atoms with van der Waals surface area (Å²) in [5.74, 6) is 2.74. The van der Waals surface area contributed by atoms with Crippen molar-refractivity contribution in [2.24, 2.45) is 5.92 Å². The van der Waals surface area contributed by atoms with Gasteiger partial charge in [0.1, 0.15) is 5.82 Å². The van der Waals surface area contributed by atoms with Crippen LogP contribution < -0.4 is 10.6 Å². The summed E-state index contributed by atoms with van der Waals surface area (Å²) in [6.45, 7) is 5.12.